The number of para-hydroxylation sites is 2. The number of amides is 2. The van der Waals surface area contributed by atoms with Crippen LogP contribution in [-0.2, 0) is 14.3 Å². The standard InChI is InChI=1S/C42H44N2O5/c1-43(37-9-5-3-6-10-37)39(45)33-21-13-29(14-22-33)31-17-25-35(26-18-31)41(47)49-42(48)36-27-19-32(20-28-36)30-15-23-34(24-16-30)40(46)44(2)38-11-7-4-8-12-38/h3-16,21-24,31-32,35-36H,17-20,25-28H2,1-2H3. The Balaban J connectivity index is 0.934. The lowest BCUT2D eigenvalue weighted by Crippen LogP contribution is -2.30. The maximum atomic E-state index is 13.0. The molecule has 2 saturated carbocycles. The van der Waals surface area contributed by atoms with E-state index in [9.17, 15) is 19.2 Å². The van der Waals surface area contributed by atoms with Crippen LogP contribution in [0.4, 0.5) is 11.4 Å². The number of ether oxygens (including phenoxy) is 1. The van der Waals surface area contributed by atoms with E-state index in [4.69, 9.17) is 4.74 Å². The number of hydrogen-bond acceptors (Lipinski definition) is 5. The van der Waals surface area contributed by atoms with Crippen molar-refractivity contribution in [2.45, 2.75) is 63.2 Å². The van der Waals surface area contributed by atoms with Gasteiger partial charge in [0.2, 0.25) is 0 Å². The zero-order valence-corrected chi connectivity index (χ0v) is 28.3. The van der Waals surface area contributed by atoms with Crippen molar-refractivity contribution in [3.8, 4) is 0 Å². The van der Waals surface area contributed by atoms with Crippen LogP contribution in [0, 0.1) is 11.8 Å². The SMILES string of the molecule is CN(C(=O)c1ccc(C2CCC(C(=O)OC(=O)C3CCC(c4ccc(C(=O)N(C)c5ccccc5)cc4)CC3)CC2)cc1)c1ccccc1. The lowest BCUT2D eigenvalue weighted by Gasteiger charge is -2.29. The van der Waals surface area contributed by atoms with Crippen LogP contribution in [0.15, 0.2) is 109 Å². The van der Waals surface area contributed by atoms with Gasteiger partial charge in [-0.2, -0.15) is 0 Å². The number of hydrogen-bond donors (Lipinski definition) is 0. The quantitative estimate of drug-likeness (QED) is 0.140. The molecule has 4 aromatic carbocycles. The zero-order chi connectivity index (χ0) is 34.3. The number of esters is 2. The van der Waals surface area contributed by atoms with Crippen molar-refractivity contribution in [3.05, 3.63) is 131 Å². The van der Waals surface area contributed by atoms with Crippen molar-refractivity contribution < 1.29 is 23.9 Å². The minimum atomic E-state index is -0.392. The van der Waals surface area contributed by atoms with Gasteiger partial charge < -0.3 is 14.5 Å². The van der Waals surface area contributed by atoms with E-state index in [1.807, 2.05) is 109 Å². The molecule has 6 rings (SSSR count). The van der Waals surface area contributed by atoms with Gasteiger partial charge in [-0.1, -0.05) is 60.7 Å². The Labute approximate surface area is 288 Å². The highest BCUT2D eigenvalue weighted by Crippen LogP contribution is 2.39. The second-order valence-corrected chi connectivity index (χ2v) is 13.5. The van der Waals surface area contributed by atoms with E-state index in [0.29, 0.717) is 48.6 Å². The molecule has 0 N–H and O–H groups in total. The average molecular weight is 657 g/mol. The molecule has 0 radical (unpaired) electrons. The first kappa shape index (κ1) is 33.8. The van der Waals surface area contributed by atoms with Crippen LogP contribution in [0.3, 0.4) is 0 Å². The second-order valence-electron chi connectivity index (χ2n) is 13.5. The molecule has 7 nitrogen and oxygen atoms in total. The van der Waals surface area contributed by atoms with Crippen molar-refractivity contribution in [3.63, 3.8) is 0 Å². The Hall–Kier alpha value is -5.04. The van der Waals surface area contributed by atoms with Gasteiger partial charge in [0.15, 0.2) is 0 Å². The van der Waals surface area contributed by atoms with E-state index < -0.39 is 11.9 Å². The topological polar surface area (TPSA) is 84.0 Å². The van der Waals surface area contributed by atoms with E-state index in [2.05, 4.69) is 0 Å². The summed E-state index contributed by atoms with van der Waals surface area (Å²) >= 11 is 0. The molecule has 2 amide bonds. The van der Waals surface area contributed by atoms with Gasteiger partial charge >= 0.3 is 11.9 Å². The first-order valence-electron chi connectivity index (χ1n) is 17.4. The summed E-state index contributed by atoms with van der Waals surface area (Å²) in [5.41, 5.74) is 5.29. The summed E-state index contributed by atoms with van der Waals surface area (Å²) in [7, 11) is 3.55. The predicted octanol–water partition coefficient (Wildman–Crippen LogP) is 8.56. The molecule has 0 saturated heterocycles. The molecule has 7 heteroatoms. The molecular weight excluding hydrogens is 612 g/mol. The fourth-order valence-electron chi connectivity index (χ4n) is 7.31. The van der Waals surface area contributed by atoms with Gasteiger partial charge in [-0.15, -0.1) is 0 Å². The lowest BCUT2D eigenvalue weighted by molar-refractivity contribution is -0.167. The zero-order valence-electron chi connectivity index (χ0n) is 28.3. The van der Waals surface area contributed by atoms with Crippen LogP contribution in [0.1, 0.15) is 95.0 Å². The normalized spacial score (nSPS) is 20.5. The maximum absolute atomic E-state index is 13.0. The summed E-state index contributed by atoms with van der Waals surface area (Å²) in [6, 6.07) is 34.8. The first-order chi connectivity index (χ1) is 23.8. The molecule has 0 aliphatic heterocycles. The Bertz CT molecular complexity index is 1610. The van der Waals surface area contributed by atoms with Crippen molar-refractivity contribution in [2.24, 2.45) is 11.8 Å². The van der Waals surface area contributed by atoms with Crippen LogP contribution in [0.25, 0.3) is 0 Å². The van der Waals surface area contributed by atoms with Crippen LogP contribution < -0.4 is 9.80 Å². The Morgan fingerprint density at radius 1 is 0.469 bits per heavy atom. The van der Waals surface area contributed by atoms with Crippen molar-refractivity contribution in [2.75, 3.05) is 23.9 Å². The number of carbonyl (C=O) groups is 4. The summed E-state index contributed by atoms with van der Waals surface area (Å²) in [6.45, 7) is 0. The number of benzene rings is 4. The van der Waals surface area contributed by atoms with Crippen molar-refractivity contribution in [1.82, 2.24) is 0 Å². The number of rotatable bonds is 8. The third kappa shape index (κ3) is 7.99. The Morgan fingerprint density at radius 3 is 1.12 bits per heavy atom. The molecule has 49 heavy (non-hydrogen) atoms. The molecule has 0 aromatic heterocycles. The van der Waals surface area contributed by atoms with E-state index >= 15 is 0 Å². The predicted molar refractivity (Wildman–Crippen MR) is 192 cm³/mol. The van der Waals surface area contributed by atoms with Crippen LogP contribution in [-0.4, -0.2) is 37.8 Å². The van der Waals surface area contributed by atoms with Crippen molar-refractivity contribution in [1.29, 1.82) is 0 Å². The summed E-state index contributed by atoms with van der Waals surface area (Å²) in [4.78, 5) is 55.2. The third-order valence-electron chi connectivity index (χ3n) is 10.5. The van der Waals surface area contributed by atoms with E-state index in [1.165, 1.54) is 11.1 Å². The van der Waals surface area contributed by atoms with Gasteiger partial charge in [-0.3, -0.25) is 19.2 Å². The van der Waals surface area contributed by atoms with E-state index in [0.717, 1.165) is 37.1 Å². The molecular formula is C42H44N2O5. The number of carbonyl (C=O) groups excluding carboxylic acids is 4. The monoisotopic (exact) mass is 656 g/mol. The second kappa shape index (κ2) is 15.5. The summed E-state index contributed by atoms with van der Waals surface area (Å²) < 4.78 is 5.45. The largest absolute Gasteiger partial charge is 0.393 e. The maximum Gasteiger partial charge on any atom is 0.316 e. The fourth-order valence-corrected chi connectivity index (χ4v) is 7.31. The minimum absolute atomic E-state index is 0.0583. The van der Waals surface area contributed by atoms with Gasteiger partial charge in [0.1, 0.15) is 0 Å². The highest BCUT2D eigenvalue weighted by molar-refractivity contribution is 6.06. The number of anilines is 2. The molecule has 2 aliphatic rings. The van der Waals surface area contributed by atoms with E-state index in [-0.39, 0.29) is 23.7 Å². The average Bonchev–Trinajstić information content (AvgIpc) is 3.17. The van der Waals surface area contributed by atoms with Gasteiger partial charge in [0.05, 0.1) is 11.8 Å². The fraction of sp³-hybridized carbons (Fsp3) is 0.333. The minimum Gasteiger partial charge on any atom is -0.393 e. The third-order valence-corrected chi connectivity index (χ3v) is 10.5. The molecule has 0 heterocycles. The summed E-state index contributed by atoms with van der Waals surface area (Å²) in [5.74, 6) is -0.814. The van der Waals surface area contributed by atoms with E-state index in [1.54, 1.807) is 23.9 Å². The van der Waals surface area contributed by atoms with Gasteiger partial charge in [0.25, 0.3) is 11.8 Å². The Morgan fingerprint density at radius 2 is 0.796 bits per heavy atom. The molecule has 0 bridgehead atoms. The van der Waals surface area contributed by atoms with Crippen LogP contribution in [0.2, 0.25) is 0 Å². The first-order valence-corrected chi connectivity index (χ1v) is 17.4. The lowest BCUT2D eigenvalue weighted by atomic mass is 9.78. The van der Waals surface area contributed by atoms with Gasteiger partial charge in [-0.25, -0.2) is 0 Å². The molecule has 2 fully saturated rings. The summed E-state index contributed by atoms with van der Waals surface area (Å²) in [6.07, 6.45) is 6.07. The molecule has 4 aromatic rings. The Kier molecular flexibility index (Phi) is 10.7. The number of nitrogens with zero attached hydrogens (tertiary/aromatic N) is 2. The summed E-state index contributed by atoms with van der Waals surface area (Å²) in [5, 5.41) is 0. The van der Waals surface area contributed by atoms with Crippen molar-refractivity contribution >= 4 is 35.1 Å². The molecule has 2 aliphatic carbocycles. The molecule has 252 valence electrons. The smallest absolute Gasteiger partial charge is 0.316 e. The van der Waals surface area contributed by atoms with Gasteiger partial charge in [0, 0.05) is 36.6 Å². The highest BCUT2D eigenvalue weighted by Gasteiger charge is 2.33. The molecule has 0 atom stereocenters. The highest BCUT2D eigenvalue weighted by atomic mass is 16.6. The molecule has 0 spiro atoms. The van der Waals surface area contributed by atoms with Crippen LogP contribution in [0.5, 0.6) is 0 Å². The van der Waals surface area contributed by atoms with Gasteiger partial charge in [-0.05, 0) is 123 Å². The molecule has 0 unspecified atom stereocenters. The van der Waals surface area contributed by atoms with Crippen LogP contribution >= 0.6 is 0 Å².